The van der Waals surface area contributed by atoms with Crippen LogP contribution in [0.4, 0.5) is 0 Å². The molecule has 2 saturated heterocycles. The molecule has 3 heterocycles. The Morgan fingerprint density at radius 2 is 2.11 bits per heavy atom. The summed E-state index contributed by atoms with van der Waals surface area (Å²) in [6.45, 7) is 3.49. The minimum Gasteiger partial charge on any atom is -0.370 e. The SMILES string of the molecule is CC(=O)NC[C@H]1CCC2(CCN(C(=O)c3cccc(-c4cn[nH]c4)c3)CC2)O1. The van der Waals surface area contributed by atoms with Crippen LogP contribution in [-0.2, 0) is 9.53 Å². The Morgan fingerprint density at radius 3 is 2.82 bits per heavy atom. The van der Waals surface area contributed by atoms with Crippen molar-refractivity contribution in [2.75, 3.05) is 19.6 Å². The summed E-state index contributed by atoms with van der Waals surface area (Å²) in [5.41, 5.74) is 2.51. The summed E-state index contributed by atoms with van der Waals surface area (Å²) in [6.07, 6.45) is 7.30. The molecular weight excluding hydrogens is 356 g/mol. The van der Waals surface area contributed by atoms with Gasteiger partial charge in [0, 0.05) is 43.9 Å². The number of H-pyrrole nitrogens is 1. The molecule has 28 heavy (non-hydrogen) atoms. The van der Waals surface area contributed by atoms with E-state index in [1.807, 2.05) is 35.4 Å². The molecule has 1 aromatic heterocycles. The summed E-state index contributed by atoms with van der Waals surface area (Å²) in [4.78, 5) is 26.0. The number of hydrogen-bond acceptors (Lipinski definition) is 4. The van der Waals surface area contributed by atoms with Crippen molar-refractivity contribution >= 4 is 11.8 Å². The highest BCUT2D eigenvalue weighted by Gasteiger charge is 2.43. The number of rotatable bonds is 4. The first-order valence-corrected chi connectivity index (χ1v) is 9.85. The third kappa shape index (κ3) is 3.94. The molecule has 0 unspecified atom stereocenters. The zero-order valence-corrected chi connectivity index (χ0v) is 16.1. The van der Waals surface area contributed by atoms with Crippen molar-refractivity contribution in [3.63, 3.8) is 0 Å². The number of piperidine rings is 1. The van der Waals surface area contributed by atoms with Crippen LogP contribution >= 0.6 is 0 Å². The highest BCUT2D eigenvalue weighted by atomic mass is 16.5. The zero-order chi connectivity index (χ0) is 19.6. The van der Waals surface area contributed by atoms with Gasteiger partial charge in [-0.3, -0.25) is 14.7 Å². The third-order valence-electron chi connectivity index (χ3n) is 5.82. The highest BCUT2D eigenvalue weighted by molar-refractivity contribution is 5.95. The topological polar surface area (TPSA) is 87.3 Å². The average molecular weight is 382 g/mol. The standard InChI is InChI=1S/C21H26N4O3/c1-15(26)22-14-19-5-6-21(28-19)7-9-25(10-8-21)20(27)17-4-2-3-16(11-17)18-12-23-24-13-18/h2-4,11-13,19H,5-10,14H2,1H3,(H,22,26)(H,23,24)/t19-/m1/s1. The molecule has 2 fully saturated rings. The molecule has 0 radical (unpaired) electrons. The Morgan fingerprint density at radius 1 is 1.29 bits per heavy atom. The fourth-order valence-electron chi connectivity index (χ4n) is 4.21. The first-order chi connectivity index (χ1) is 13.5. The number of nitrogens with zero attached hydrogens (tertiary/aromatic N) is 2. The number of aromatic nitrogens is 2. The van der Waals surface area contributed by atoms with Crippen LogP contribution in [0.2, 0.25) is 0 Å². The first kappa shape index (κ1) is 18.7. The summed E-state index contributed by atoms with van der Waals surface area (Å²) in [5, 5.41) is 9.62. The predicted molar refractivity (Wildman–Crippen MR) is 105 cm³/mol. The van der Waals surface area contributed by atoms with E-state index >= 15 is 0 Å². The van der Waals surface area contributed by atoms with E-state index in [1.165, 1.54) is 6.92 Å². The molecule has 2 aliphatic rings. The van der Waals surface area contributed by atoms with Gasteiger partial charge in [0.1, 0.15) is 0 Å². The van der Waals surface area contributed by atoms with Gasteiger partial charge in [0.05, 0.1) is 17.9 Å². The van der Waals surface area contributed by atoms with Gasteiger partial charge in [-0.2, -0.15) is 5.10 Å². The molecule has 0 saturated carbocycles. The number of amides is 2. The van der Waals surface area contributed by atoms with Crippen LogP contribution in [0.25, 0.3) is 11.1 Å². The van der Waals surface area contributed by atoms with Crippen LogP contribution in [0.3, 0.4) is 0 Å². The fourth-order valence-corrected chi connectivity index (χ4v) is 4.21. The van der Waals surface area contributed by atoms with Gasteiger partial charge in [0.25, 0.3) is 5.91 Å². The van der Waals surface area contributed by atoms with Crippen LogP contribution in [0.1, 0.15) is 43.0 Å². The maximum absolute atomic E-state index is 13.0. The van der Waals surface area contributed by atoms with E-state index < -0.39 is 0 Å². The minimum absolute atomic E-state index is 0.0254. The lowest BCUT2D eigenvalue weighted by Crippen LogP contribution is -2.47. The second-order valence-corrected chi connectivity index (χ2v) is 7.76. The average Bonchev–Trinajstić information content (AvgIpc) is 3.37. The first-order valence-electron chi connectivity index (χ1n) is 9.85. The van der Waals surface area contributed by atoms with Crippen LogP contribution < -0.4 is 5.32 Å². The Hall–Kier alpha value is -2.67. The molecule has 2 amide bonds. The number of carbonyl (C=O) groups excluding carboxylic acids is 2. The van der Waals surface area contributed by atoms with Crippen molar-refractivity contribution in [3.8, 4) is 11.1 Å². The maximum atomic E-state index is 13.0. The van der Waals surface area contributed by atoms with Crippen molar-refractivity contribution < 1.29 is 14.3 Å². The second kappa shape index (κ2) is 7.75. The monoisotopic (exact) mass is 382 g/mol. The number of carbonyl (C=O) groups is 2. The normalized spacial score (nSPS) is 21.0. The molecule has 4 rings (SSSR count). The molecule has 1 aromatic carbocycles. The number of nitrogens with one attached hydrogen (secondary N) is 2. The molecule has 1 spiro atoms. The van der Waals surface area contributed by atoms with E-state index in [9.17, 15) is 9.59 Å². The Labute approximate surface area is 164 Å². The lowest BCUT2D eigenvalue weighted by molar-refractivity contribution is -0.120. The van der Waals surface area contributed by atoms with Gasteiger partial charge in [-0.05, 0) is 43.4 Å². The molecule has 7 heteroatoms. The van der Waals surface area contributed by atoms with Gasteiger partial charge in [-0.1, -0.05) is 12.1 Å². The Kier molecular flexibility index (Phi) is 5.17. The molecule has 0 aliphatic carbocycles. The molecule has 148 valence electrons. The van der Waals surface area contributed by atoms with Gasteiger partial charge < -0.3 is 15.0 Å². The van der Waals surface area contributed by atoms with Gasteiger partial charge in [-0.15, -0.1) is 0 Å². The number of hydrogen-bond donors (Lipinski definition) is 2. The van der Waals surface area contributed by atoms with Gasteiger partial charge in [-0.25, -0.2) is 0 Å². The highest BCUT2D eigenvalue weighted by Crippen LogP contribution is 2.39. The van der Waals surface area contributed by atoms with Crippen molar-refractivity contribution in [2.24, 2.45) is 0 Å². The van der Waals surface area contributed by atoms with E-state index in [0.717, 1.165) is 36.8 Å². The van der Waals surface area contributed by atoms with Crippen molar-refractivity contribution in [1.29, 1.82) is 0 Å². The smallest absolute Gasteiger partial charge is 0.253 e. The number of aromatic amines is 1. The lowest BCUT2D eigenvalue weighted by Gasteiger charge is -2.39. The molecular formula is C21H26N4O3. The van der Waals surface area contributed by atoms with E-state index in [2.05, 4.69) is 15.5 Å². The van der Waals surface area contributed by atoms with Gasteiger partial charge >= 0.3 is 0 Å². The summed E-state index contributed by atoms with van der Waals surface area (Å²) >= 11 is 0. The summed E-state index contributed by atoms with van der Waals surface area (Å²) < 4.78 is 6.28. The van der Waals surface area contributed by atoms with E-state index in [0.29, 0.717) is 25.2 Å². The zero-order valence-electron chi connectivity index (χ0n) is 16.1. The van der Waals surface area contributed by atoms with Crippen molar-refractivity contribution in [1.82, 2.24) is 20.4 Å². The molecule has 2 N–H and O–H groups in total. The maximum Gasteiger partial charge on any atom is 0.253 e. The predicted octanol–water partition coefficient (Wildman–Crippen LogP) is 2.37. The summed E-state index contributed by atoms with van der Waals surface area (Å²) in [6, 6.07) is 7.68. The molecule has 7 nitrogen and oxygen atoms in total. The van der Waals surface area contributed by atoms with Gasteiger partial charge in [0.15, 0.2) is 0 Å². The Bertz CT molecular complexity index is 841. The van der Waals surface area contributed by atoms with E-state index in [1.54, 1.807) is 6.20 Å². The van der Waals surface area contributed by atoms with Gasteiger partial charge in [0.2, 0.25) is 5.91 Å². The van der Waals surface area contributed by atoms with Crippen LogP contribution in [0.15, 0.2) is 36.7 Å². The molecule has 1 atom stereocenters. The van der Waals surface area contributed by atoms with E-state index in [-0.39, 0.29) is 23.5 Å². The van der Waals surface area contributed by atoms with Crippen LogP contribution in [0, 0.1) is 0 Å². The van der Waals surface area contributed by atoms with Crippen molar-refractivity contribution in [2.45, 2.75) is 44.3 Å². The Balaban J connectivity index is 1.36. The summed E-state index contributed by atoms with van der Waals surface area (Å²) in [5.74, 6) is 0.0376. The molecule has 2 aromatic rings. The van der Waals surface area contributed by atoms with Crippen LogP contribution in [-0.4, -0.2) is 58.3 Å². The second-order valence-electron chi connectivity index (χ2n) is 7.76. The number of benzene rings is 1. The lowest BCUT2D eigenvalue weighted by atomic mass is 9.88. The fraction of sp³-hybridized carbons (Fsp3) is 0.476. The minimum atomic E-state index is -0.140. The van der Waals surface area contributed by atoms with Crippen molar-refractivity contribution in [3.05, 3.63) is 42.2 Å². The number of ether oxygens (including phenoxy) is 1. The summed E-state index contributed by atoms with van der Waals surface area (Å²) in [7, 11) is 0. The quantitative estimate of drug-likeness (QED) is 0.850. The van der Waals surface area contributed by atoms with Crippen LogP contribution in [0.5, 0.6) is 0 Å². The third-order valence-corrected chi connectivity index (χ3v) is 5.82. The largest absolute Gasteiger partial charge is 0.370 e. The van der Waals surface area contributed by atoms with E-state index in [4.69, 9.17) is 4.74 Å². The molecule has 0 bridgehead atoms. The molecule has 2 aliphatic heterocycles. The number of likely N-dealkylation sites (tertiary alicyclic amines) is 1.